The average molecular weight is 493 g/mol. The number of benzene rings is 1. The molecular formula is C23H23N7O6. The number of ether oxygens (including phenoxy) is 1. The van der Waals surface area contributed by atoms with Gasteiger partial charge in [-0.05, 0) is 31.2 Å². The summed E-state index contributed by atoms with van der Waals surface area (Å²) in [6.45, 7) is 1.90. The smallest absolute Gasteiger partial charge is 0.291 e. The first-order chi connectivity index (χ1) is 17.2. The third kappa shape index (κ3) is 5.41. The molecule has 3 aromatic heterocycles. The SMILES string of the molecule is Cc1cc(OCc2ccc(C(=O)Nc3cnn(C)c3C(=O)NCc3cnn(C)c3)o2)ccc1[N+](=O)[O-]. The van der Waals surface area contributed by atoms with Crippen LogP contribution in [0.15, 0.2) is 53.3 Å². The van der Waals surface area contributed by atoms with E-state index in [9.17, 15) is 19.7 Å². The molecule has 4 aromatic rings. The van der Waals surface area contributed by atoms with Crippen molar-refractivity contribution in [2.45, 2.75) is 20.1 Å². The molecule has 4 rings (SSSR count). The molecule has 0 spiro atoms. The zero-order valence-electron chi connectivity index (χ0n) is 19.7. The van der Waals surface area contributed by atoms with Gasteiger partial charge in [-0.1, -0.05) is 0 Å². The summed E-state index contributed by atoms with van der Waals surface area (Å²) in [5.74, 6) is -0.170. The van der Waals surface area contributed by atoms with Crippen LogP contribution in [0.25, 0.3) is 0 Å². The lowest BCUT2D eigenvalue weighted by Crippen LogP contribution is -2.26. The van der Waals surface area contributed by atoms with E-state index in [1.54, 1.807) is 50.2 Å². The highest BCUT2D eigenvalue weighted by atomic mass is 16.6. The van der Waals surface area contributed by atoms with E-state index in [0.717, 1.165) is 5.56 Å². The van der Waals surface area contributed by atoms with Crippen molar-refractivity contribution in [2.24, 2.45) is 14.1 Å². The number of aromatic nitrogens is 4. The van der Waals surface area contributed by atoms with Crippen molar-refractivity contribution in [1.82, 2.24) is 24.9 Å². The Labute approximate surface area is 204 Å². The minimum absolute atomic E-state index is 0.000155. The molecular weight excluding hydrogens is 470 g/mol. The molecule has 0 atom stereocenters. The largest absolute Gasteiger partial charge is 0.486 e. The van der Waals surface area contributed by atoms with Gasteiger partial charge in [0.1, 0.15) is 23.8 Å². The first-order valence-electron chi connectivity index (χ1n) is 10.8. The van der Waals surface area contributed by atoms with Gasteiger partial charge in [-0.3, -0.25) is 29.1 Å². The molecule has 186 valence electrons. The van der Waals surface area contributed by atoms with Crippen LogP contribution in [0.4, 0.5) is 11.4 Å². The summed E-state index contributed by atoms with van der Waals surface area (Å²) in [6, 6.07) is 7.47. The Balaban J connectivity index is 1.37. The van der Waals surface area contributed by atoms with Gasteiger partial charge in [0.15, 0.2) is 5.76 Å². The summed E-state index contributed by atoms with van der Waals surface area (Å²) >= 11 is 0. The number of nitrogens with zero attached hydrogens (tertiary/aromatic N) is 5. The maximum absolute atomic E-state index is 12.7. The second-order valence-electron chi connectivity index (χ2n) is 7.95. The number of nitro groups is 1. The number of hydrogen-bond acceptors (Lipinski definition) is 8. The standard InChI is InChI=1S/C23H23N7O6/c1-14-8-16(4-6-19(14)30(33)34)35-13-17-5-7-20(36-17)22(31)27-18-11-26-29(3)21(18)23(32)24-9-15-10-25-28(2)12-15/h4-8,10-12H,9,13H2,1-3H3,(H,24,32)(H,27,31). The fourth-order valence-corrected chi connectivity index (χ4v) is 3.47. The second-order valence-corrected chi connectivity index (χ2v) is 7.95. The highest BCUT2D eigenvalue weighted by Crippen LogP contribution is 2.24. The molecule has 0 aliphatic rings. The van der Waals surface area contributed by atoms with Crippen LogP contribution in [0.5, 0.6) is 5.75 Å². The zero-order chi connectivity index (χ0) is 25.8. The lowest BCUT2D eigenvalue weighted by molar-refractivity contribution is -0.385. The highest BCUT2D eigenvalue weighted by Gasteiger charge is 2.21. The molecule has 0 fully saturated rings. The molecule has 1 aromatic carbocycles. The van der Waals surface area contributed by atoms with Gasteiger partial charge in [0.25, 0.3) is 17.5 Å². The Bertz CT molecular complexity index is 1430. The van der Waals surface area contributed by atoms with Gasteiger partial charge in [-0.25, -0.2) is 0 Å². The summed E-state index contributed by atoms with van der Waals surface area (Å²) in [5, 5.41) is 24.5. The summed E-state index contributed by atoms with van der Waals surface area (Å²) in [5.41, 5.74) is 1.69. The van der Waals surface area contributed by atoms with E-state index < -0.39 is 16.7 Å². The molecule has 0 unspecified atom stereocenters. The van der Waals surface area contributed by atoms with Gasteiger partial charge in [-0.15, -0.1) is 0 Å². The number of hydrogen-bond donors (Lipinski definition) is 2. The number of nitro benzene ring substituents is 1. The van der Waals surface area contributed by atoms with Crippen molar-refractivity contribution in [3.8, 4) is 5.75 Å². The monoisotopic (exact) mass is 493 g/mol. The van der Waals surface area contributed by atoms with E-state index in [2.05, 4.69) is 20.8 Å². The van der Waals surface area contributed by atoms with Gasteiger partial charge in [-0.2, -0.15) is 10.2 Å². The summed E-state index contributed by atoms with van der Waals surface area (Å²) in [7, 11) is 3.37. The Hall–Kier alpha value is -4.94. The van der Waals surface area contributed by atoms with Crippen molar-refractivity contribution >= 4 is 23.2 Å². The molecule has 0 aliphatic carbocycles. The summed E-state index contributed by atoms with van der Waals surface area (Å²) in [6.07, 6.45) is 4.81. The molecule has 0 saturated heterocycles. The number of carbonyl (C=O) groups excluding carboxylic acids is 2. The predicted octanol–water partition coefficient (Wildman–Crippen LogP) is 2.72. The van der Waals surface area contributed by atoms with E-state index in [1.807, 2.05) is 0 Å². The van der Waals surface area contributed by atoms with Crippen LogP contribution < -0.4 is 15.4 Å². The molecule has 0 aliphatic heterocycles. The number of furan rings is 1. The van der Waals surface area contributed by atoms with Crippen molar-refractivity contribution in [1.29, 1.82) is 0 Å². The van der Waals surface area contributed by atoms with E-state index in [4.69, 9.17) is 9.15 Å². The lowest BCUT2D eigenvalue weighted by Gasteiger charge is -2.08. The Morgan fingerprint density at radius 1 is 1.14 bits per heavy atom. The van der Waals surface area contributed by atoms with Crippen LogP contribution in [0.2, 0.25) is 0 Å². The third-order valence-corrected chi connectivity index (χ3v) is 5.24. The average Bonchev–Trinajstić information content (AvgIpc) is 3.56. The topological polar surface area (TPSA) is 159 Å². The second kappa shape index (κ2) is 10.1. The minimum atomic E-state index is -0.568. The quantitative estimate of drug-likeness (QED) is 0.266. The molecule has 13 heteroatoms. The van der Waals surface area contributed by atoms with E-state index in [1.165, 1.54) is 29.1 Å². The summed E-state index contributed by atoms with van der Waals surface area (Å²) in [4.78, 5) is 35.9. The number of amides is 2. The minimum Gasteiger partial charge on any atom is -0.486 e. The van der Waals surface area contributed by atoms with Crippen molar-refractivity contribution in [3.63, 3.8) is 0 Å². The Morgan fingerprint density at radius 2 is 1.94 bits per heavy atom. The molecule has 2 N–H and O–H groups in total. The van der Waals surface area contributed by atoms with Gasteiger partial charge < -0.3 is 19.8 Å². The molecule has 0 radical (unpaired) electrons. The van der Waals surface area contributed by atoms with Crippen LogP contribution in [-0.2, 0) is 27.2 Å². The van der Waals surface area contributed by atoms with Gasteiger partial charge >= 0.3 is 0 Å². The fraction of sp³-hybridized carbons (Fsp3) is 0.217. The third-order valence-electron chi connectivity index (χ3n) is 5.24. The van der Waals surface area contributed by atoms with Crippen LogP contribution in [0.1, 0.15) is 37.9 Å². The highest BCUT2D eigenvalue weighted by molar-refractivity contribution is 6.07. The van der Waals surface area contributed by atoms with Gasteiger partial charge in [0.05, 0.1) is 23.0 Å². The number of rotatable bonds is 9. The van der Waals surface area contributed by atoms with E-state index in [0.29, 0.717) is 17.1 Å². The van der Waals surface area contributed by atoms with Crippen LogP contribution in [-0.4, -0.2) is 36.3 Å². The van der Waals surface area contributed by atoms with Crippen molar-refractivity contribution < 1.29 is 23.7 Å². The van der Waals surface area contributed by atoms with Crippen LogP contribution in [0, 0.1) is 17.0 Å². The molecule has 13 nitrogen and oxygen atoms in total. The van der Waals surface area contributed by atoms with Gasteiger partial charge in [0, 0.05) is 44.0 Å². The first-order valence-corrected chi connectivity index (χ1v) is 10.8. The predicted molar refractivity (Wildman–Crippen MR) is 126 cm³/mol. The summed E-state index contributed by atoms with van der Waals surface area (Å²) < 4.78 is 14.2. The molecule has 36 heavy (non-hydrogen) atoms. The molecule has 0 saturated carbocycles. The molecule has 3 heterocycles. The first kappa shape index (κ1) is 24.2. The Morgan fingerprint density at radius 3 is 2.64 bits per heavy atom. The Kier molecular flexibility index (Phi) is 6.81. The van der Waals surface area contributed by atoms with E-state index in [-0.39, 0.29) is 36.0 Å². The molecule has 0 bridgehead atoms. The van der Waals surface area contributed by atoms with Crippen molar-refractivity contribution in [3.05, 3.63) is 87.4 Å². The molecule has 2 amide bonds. The van der Waals surface area contributed by atoms with E-state index >= 15 is 0 Å². The van der Waals surface area contributed by atoms with Crippen LogP contribution >= 0.6 is 0 Å². The number of anilines is 1. The number of carbonyl (C=O) groups is 2. The number of aryl methyl sites for hydroxylation is 3. The maximum atomic E-state index is 12.7. The number of nitrogens with one attached hydrogen (secondary N) is 2. The zero-order valence-corrected chi connectivity index (χ0v) is 19.7. The lowest BCUT2D eigenvalue weighted by atomic mass is 10.2. The van der Waals surface area contributed by atoms with Gasteiger partial charge in [0.2, 0.25) is 0 Å². The maximum Gasteiger partial charge on any atom is 0.291 e. The van der Waals surface area contributed by atoms with Crippen molar-refractivity contribution in [2.75, 3.05) is 5.32 Å². The fourth-order valence-electron chi connectivity index (χ4n) is 3.47. The normalized spacial score (nSPS) is 10.8. The van der Waals surface area contributed by atoms with Crippen LogP contribution in [0.3, 0.4) is 0 Å².